The van der Waals surface area contributed by atoms with Crippen molar-refractivity contribution in [3.8, 4) is 0 Å². The van der Waals surface area contributed by atoms with Gasteiger partial charge in [0.25, 0.3) is 0 Å². The molecule has 1 aliphatic heterocycles. The van der Waals surface area contributed by atoms with Crippen molar-refractivity contribution in [1.29, 1.82) is 0 Å². The van der Waals surface area contributed by atoms with E-state index in [4.69, 9.17) is 5.11 Å². The molecule has 0 radical (unpaired) electrons. The molecular weight excluding hydrogens is 190 g/mol. The lowest BCUT2D eigenvalue weighted by molar-refractivity contribution is -0.150. The fourth-order valence-electron chi connectivity index (χ4n) is 1.98. The minimum absolute atomic E-state index is 0.568. The fraction of sp³-hybridized carbons (Fsp3) is 0.917. The molecule has 0 aromatic rings. The van der Waals surface area contributed by atoms with E-state index in [0.717, 1.165) is 24.9 Å². The number of hydrogen-bond donors (Lipinski definition) is 1. The number of nitrogens with zero attached hydrogens (tertiary/aromatic N) is 1. The highest BCUT2D eigenvalue weighted by molar-refractivity contribution is 5.74. The first kappa shape index (κ1) is 12.5. The van der Waals surface area contributed by atoms with E-state index >= 15 is 0 Å². The summed E-state index contributed by atoms with van der Waals surface area (Å²) in [7, 11) is 0. The van der Waals surface area contributed by atoms with Gasteiger partial charge in [-0.25, -0.2) is 0 Å². The highest BCUT2D eigenvalue weighted by Gasteiger charge is 2.38. The van der Waals surface area contributed by atoms with Gasteiger partial charge in [-0.05, 0) is 25.2 Å². The van der Waals surface area contributed by atoms with Crippen LogP contribution in [0.1, 0.15) is 34.1 Å². The zero-order valence-electron chi connectivity index (χ0n) is 10.3. The molecule has 3 heteroatoms. The van der Waals surface area contributed by atoms with Crippen molar-refractivity contribution in [2.24, 2.45) is 17.3 Å². The smallest absolute Gasteiger partial charge is 0.310 e. The maximum absolute atomic E-state index is 11.1. The van der Waals surface area contributed by atoms with E-state index in [1.54, 1.807) is 0 Å². The van der Waals surface area contributed by atoms with Crippen molar-refractivity contribution in [2.75, 3.05) is 19.6 Å². The van der Waals surface area contributed by atoms with E-state index < -0.39 is 11.4 Å². The molecular formula is C12H23NO2. The summed E-state index contributed by atoms with van der Waals surface area (Å²) < 4.78 is 0. The molecule has 1 fully saturated rings. The maximum atomic E-state index is 11.1. The van der Waals surface area contributed by atoms with E-state index in [1.807, 2.05) is 13.8 Å². The zero-order chi connectivity index (χ0) is 11.6. The molecule has 1 aliphatic rings. The molecule has 1 unspecified atom stereocenters. The minimum Gasteiger partial charge on any atom is -0.481 e. The number of aliphatic carboxylic acids is 1. The first-order valence-electron chi connectivity index (χ1n) is 5.85. The van der Waals surface area contributed by atoms with Crippen molar-refractivity contribution in [2.45, 2.75) is 34.1 Å². The Balaban J connectivity index is 2.40. The highest BCUT2D eigenvalue weighted by atomic mass is 16.4. The third-order valence-electron chi connectivity index (χ3n) is 3.80. The summed E-state index contributed by atoms with van der Waals surface area (Å²) in [4.78, 5) is 13.4. The van der Waals surface area contributed by atoms with Gasteiger partial charge in [-0.15, -0.1) is 0 Å². The molecule has 1 rings (SSSR count). The lowest BCUT2D eigenvalue weighted by Crippen LogP contribution is -2.53. The van der Waals surface area contributed by atoms with Gasteiger partial charge in [0, 0.05) is 19.6 Å². The van der Waals surface area contributed by atoms with Crippen LogP contribution in [0.4, 0.5) is 0 Å². The second-order valence-electron chi connectivity index (χ2n) is 5.42. The van der Waals surface area contributed by atoms with Gasteiger partial charge in [0.2, 0.25) is 0 Å². The molecule has 15 heavy (non-hydrogen) atoms. The number of carboxylic acids is 1. The first-order chi connectivity index (χ1) is 6.89. The topological polar surface area (TPSA) is 40.5 Å². The third kappa shape index (κ3) is 2.71. The second-order valence-corrected chi connectivity index (χ2v) is 5.42. The number of hydrogen-bond acceptors (Lipinski definition) is 2. The number of rotatable bonds is 5. The summed E-state index contributed by atoms with van der Waals surface area (Å²) >= 11 is 0. The van der Waals surface area contributed by atoms with Crippen LogP contribution in [0.15, 0.2) is 0 Å². The van der Waals surface area contributed by atoms with Crippen LogP contribution in [0.25, 0.3) is 0 Å². The van der Waals surface area contributed by atoms with Crippen molar-refractivity contribution in [3.05, 3.63) is 0 Å². The molecule has 0 aromatic carbocycles. The molecule has 3 nitrogen and oxygen atoms in total. The highest BCUT2D eigenvalue weighted by Crippen LogP contribution is 2.29. The summed E-state index contributed by atoms with van der Waals surface area (Å²) in [5.74, 6) is 0.817. The maximum Gasteiger partial charge on any atom is 0.310 e. The van der Waals surface area contributed by atoms with Crippen LogP contribution in [0.3, 0.4) is 0 Å². The van der Waals surface area contributed by atoms with Gasteiger partial charge in [0.15, 0.2) is 0 Å². The van der Waals surface area contributed by atoms with E-state index in [2.05, 4.69) is 18.7 Å². The second kappa shape index (κ2) is 4.52. The lowest BCUT2D eigenvalue weighted by atomic mass is 9.82. The van der Waals surface area contributed by atoms with Gasteiger partial charge < -0.3 is 10.0 Å². The third-order valence-corrected chi connectivity index (χ3v) is 3.80. The Labute approximate surface area is 92.5 Å². The Kier molecular flexibility index (Phi) is 3.77. The van der Waals surface area contributed by atoms with Crippen molar-refractivity contribution >= 4 is 5.97 Å². The summed E-state index contributed by atoms with van der Waals surface area (Å²) in [6.45, 7) is 11.1. The van der Waals surface area contributed by atoms with E-state index in [9.17, 15) is 4.79 Å². The summed E-state index contributed by atoms with van der Waals surface area (Å²) in [5.41, 5.74) is -0.568. The number of carbonyl (C=O) groups is 1. The Morgan fingerprint density at radius 2 is 2.07 bits per heavy atom. The average Bonchev–Trinajstić information content (AvgIpc) is 2.09. The number of carboxylic acid groups (broad SMARTS) is 1. The molecule has 0 bridgehead atoms. The van der Waals surface area contributed by atoms with Crippen LogP contribution < -0.4 is 0 Å². The van der Waals surface area contributed by atoms with Gasteiger partial charge in [0.1, 0.15) is 0 Å². The van der Waals surface area contributed by atoms with E-state index in [1.165, 1.54) is 0 Å². The van der Waals surface area contributed by atoms with Gasteiger partial charge in [-0.2, -0.15) is 0 Å². The summed E-state index contributed by atoms with van der Waals surface area (Å²) in [6, 6.07) is 0. The Hall–Kier alpha value is -0.570. The fourth-order valence-corrected chi connectivity index (χ4v) is 1.98. The molecule has 0 spiro atoms. The average molecular weight is 213 g/mol. The zero-order valence-corrected chi connectivity index (χ0v) is 10.3. The van der Waals surface area contributed by atoms with Gasteiger partial charge in [0.05, 0.1) is 5.41 Å². The molecule has 1 heterocycles. The Morgan fingerprint density at radius 1 is 1.53 bits per heavy atom. The normalized spacial score (nSPS) is 22.5. The summed E-state index contributed by atoms with van der Waals surface area (Å²) in [5, 5.41) is 9.15. The molecule has 1 saturated heterocycles. The van der Waals surface area contributed by atoms with Crippen LogP contribution in [-0.4, -0.2) is 35.6 Å². The van der Waals surface area contributed by atoms with Crippen molar-refractivity contribution in [1.82, 2.24) is 4.90 Å². The van der Waals surface area contributed by atoms with Crippen LogP contribution in [0, 0.1) is 17.3 Å². The van der Waals surface area contributed by atoms with Gasteiger partial charge in [-0.3, -0.25) is 4.79 Å². The molecule has 1 atom stereocenters. The molecule has 0 amide bonds. The largest absolute Gasteiger partial charge is 0.481 e. The first-order valence-corrected chi connectivity index (χ1v) is 5.85. The predicted molar refractivity (Wildman–Crippen MR) is 60.8 cm³/mol. The van der Waals surface area contributed by atoms with Crippen LogP contribution in [0.5, 0.6) is 0 Å². The molecule has 0 saturated carbocycles. The molecule has 1 N–H and O–H groups in total. The molecule has 0 aromatic heterocycles. The summed E-state index contributed by atoms with van der Waals surface area (Å²) in [6.07, 6.45) is 0.700. The SMILES string of the molecule is CCC(C)(CN1CC(C(C)C)C1)C(=O)O. The Bertz CT molecular complexity index is 234. The van der Waals surface area contributed by atoms with Crippen LogP contribution in [0.2, 0.25) is 0 Å². The Morgan fingerprint density at radius 3 is 2.40 bits per heavy atom. The molecule has 88 valence electrons. The minimum atomic E-state index is -0.669. The monoisotopic (exact) mass is 213 g/mol. The van der Waals surface area contributed by atoms with Gasteiger partial charge >= 0.3 is 5.97 Å². The van der Waals surface area contributed by atoms with E-state index in [0.29, 0.717) is 13.0 Å². The standard InChI is InChI=1S/C12H23NO2/c1-5-12(4,11(14)15)8-13-6-10(7-13)9(2)3/h9-10H,5-8H2,1-4H3,(H,14,15). The van der Waals surface area contributed by atoms with Crippen LogP contribution in [-0.2, 0) is 4.79 Å². The lowest BCUT2D eigenvalue weighted by Gasteiger charge is -2.44. The van der Waals surface area contributed by atoms with Crippen molar-refractivity contribution in [3.63, 3.8) is 0 Å². The number of likely N-dealkylation sites (tertiary alicyclic amines) is 1. The molecule has 0 aliphatic carbocycles. The van der Waals surface area contributed by atoms with E-state index in [-0.39, 0.29) is 0 Å². The van der Waals surface area contributed by atoms with Crippen molar-refractivity contribution < 1.29 is 9.90 Å². The quantitative estimate of drug-likeness (QED) is 0.760. The van der Waals surface area contributed by atoms with Crippen LogP contribution >= 0.6 is 0 Å². The van der Waals surface area contributed by atoms with Gasteiger partial charge in [-0.1, -0.05) is 20.8 Å². The predicted octanol–water partition coefficient (Wildman–Crippen LogP) is 2.08.